The molecule has 1 fully saturated rings. The minimum Gasteiger partial charge on any atom is -0.373 e. The van der Waals surface area contributed by atoms with E-state index in [1.165, 1.54) is 17.0 Å². The van der Waals surface area contributed by atoms with E-state index in [4.69, 9.17) is 0 Å². The first-order valence-electron chi connectivity index (χ1n) is 7.57. The first-order chi connectivity index (χ1) is 11.1. The van der Waals surface area contributed by atoms with Gasteiger partial charge >= 0.3 is 0 Å². The average Bonchev–Trinajstić information content (AvgIpc) is 2.81. The Morgan fingerprint density at radius 3 is 2.70 bits per heavy atom. The van der Waals surface area contributed by atoms with Crippen molar-refractivity contribution in [1.82, 2.24) is 0 Å². The van der Waals surface area contributed by atoms with Crippen molar-refractivity contribution in [1.29, 1.82) is 0 Å². The molecular weight excluding hydrogens is 295 g/mol. The Morgan fingerprint density at radius 2 is 1.96 bits per heavy atom. The molecular formula is C18H17FN2O2. The largest absolute Gasteiger partial charge is 0.373 e. The number of para-hydroxylation sites is 1. The predicted octanol–water partition coefficient (Wildman–Crippen LogP) is 3.13. The van der Waals surface area contributed by atoms with E-state index in [2.05, 4.69) is 5.32 Å². The van der Waals surface area contributed by atoms with Crippen molar-refractivity contribution < 1.29 is 14.0 Å². The number of carbonyl (C=O) groups excluding carboxylic acids is 2. The topological polar surface area (TPSA) is 49.4 Å². The summed E-state index contributed by atoms with van der Waals surface area (Å²) in [6.07, 6.45) is 0.794. The standard InChI is InChI=1S/C18H17FN2O2/c1-2-12-6-3-4-9-16(12)21-17(22)11-15(18(21)23)20-14-8-5-7-13(19)10-14/h3-10,15,20H,2,11H2,1H3/t15-/m0/s1. The lowest BCUT2D eigenvalue weighted by Gasteiger charge is -2.18. The summed E-state index contributed by atoms with van der Waals surface area (Å²) in [5.74, 6) is -0.940. The molecule has 1 atom stereocenters. The summed E-state index contributed by atoms with van der Waals surface area (Å²) in [6, 6.07) is 12.6. The molecule has 3 rings (SSSR count). The fourth-order valence-corrected chi connectivity index (χ4v) is 2.81. The predicted molar refractivity (Wildman–Crippen MR) is 86.7 cm³/mol. The van der Waals surface area contributed by atoms with Gasteiger partial charge in [-0.25, -0.2) is 9.29 Å². The molecule has 2 aromatic carbocycles. The number of amides is 2. The van der Waals surface area contributed by atoms with Crippen LogP contribution in [-0.2, 0) is 16.0 Å². The minimum atomic E-state index is -0.672. The Kier molecular flexibility index (Phi) is 4.10. The van der Waals surface area contributed by atoms with Gasteiger partial charge in [-0.2, -0.15) is 0 Å². The maximum absolute atomic E-state index is 13.3. The highest BCUT2D eigenvalue weighted by molar-refractivity contribution is 6.23. The molecule has 1 heterocycles. The molecule has 0 spiro atoms. The van der Waals surface area contributed by atoms with Gasteiger partial charge in [0.25, 0.3) is 5.91 Å². The molecule has 0 aliphatic carbocycles. The van der Waals surface area contributed by atoms with Gasteiger partial charge in [-0.15, -0.1) is 0 Å². The number of hydrogen-bond donors (Lipinski definition) is 1. The zero-order chi connectivity index (χ0) is 16.4. The number of rotatable bonds is 4. The monoisotopic (exact) mass is 312 g/mol. The van der Waals surface area contributed by atoms with Crippen LogP contribution in [0, 0.1) is 5.82 Å². The van der Waals surface area contributed by atoms with Crippen LogP contribution in [0.5, 0.6) is 0 Å². The molecule has 4 nitrogen and oxygen atoms in total. The van der Waals surface area contributed by atoms with E-state index in [9.17, 15) is 14.0 Å². The molecule has 1 aliphatic heterocycles. The Balaban J connectivity index is 1.85. The molecule has 118 valence electrons. The van der Waals surface area contributed by atoms with E-state index < -0.39 is 6.04 Å². The highest BCUT2D eigenvalue weighted by Gasteiger charge is 2.40. The van der Waals surface area contributed by atoms with E-state index in [-0.39, 0.29) is 24.1 Å². The maximum atomic E-state index is 13.3. The molecule has 1 N–H and O–H groups in total. The lowest BCUT2D eigenvalue weighted by Crippen LogP contribution is -2.35. The number of anilines is 2. The van der Waals surface area contributed by atoms with Crippen LogP contribution in [0.25, 0.3) is 0 Å². The van der Waals surface area contributed by atoms with Gasteiger partial charge in [-0.3, -0.25) is 9.59 Å². The fraction of sp³-hybridized carbons (Fsp3) is 0.222. The van der Waals surface area contributed by atoms with Crippen molar-refractivity contribution in [3.05, 3.63) is 59.9 Å². The van der Waals surface area contributed by atoms with E-state index in [1.807, 2.05) is 25.1 Å². The summed E-state index contributed by atoms with van der Waals surface area (Å²) in [7, 11) is 0. The Hall–Kier alpha value is -2.69. The maximum Gasteiger partial charge on any atom is 0.256 e. The molecule has 2 aromatic rings. The van der Waals surface area contributed by atoms with Crippen molar-refractivity contribution in [2.75, 3.05) is 10.2 Å². The van der Waals surface area contributed by atoms with Crippen LogP contribution in [0.3, 0.4) is 0 Å². The molecule has 1 saturated heterocycles. The number of imide groups is 1. The summed E-state index contributed by atoms with van der Waals surface area (Å²) in [5, 5.41) is 2.95. The van der Waals surface area contributed by atoms with Gasteiger partial charge in [0, 0.05) is 5.69 Å². The van der Waals surface area contributed by atoms with Crippen LogP contribution in [0.4, 0.5) is 15.8 Å². The number of nitrogens with zero attached hydrogens (tertiary/aromatic N) is 1. The van der Waals surface area contributed by atoms with Gasteiger partial charge in [0.1, 0.15) is 11.9 Å². The molecule has 0 radical (unpaired) electrons. The second-order valence-corrected chi connectivity index (χ2v) is 5.46. The third-order valence-corrected chi connectivity index (χ3v) is 3.93. The first kappa shape index (κ1) is 15.2. The number of nitrogens with one attached hydrogen (secondary N) is 1. The fourth-order valence-electron chi connectivity index (χ4n) is 2.81. The number of aryl methyl sites for hydroxylation is 1. The lowest BCUT2D eigenvalue weighted by atomic mass is 10.1. The minimum absolute atomic E-state index is 0.0629. The Morgan fingerprint density at radius 1 is 1.17 bits per heavy atom. The first-order valence-corrected chi connectivity index (χ1v) is 7.57. The van der Waals surface area contributed by atoms with Gasteiger partial charge in [0.05, 0.1) is 12.1 Å². The molecule has 23 heavy (non-hydrogen) atoms. The van der Waals surface area contributed by atoms with Crippen LogP contribution in [0.15, 0.2) is 48.5 Å². The average molecular weight is 312 g/mol. The van der Waals surface area contributed by atoms with Gasteiger partial charge in [-0.05, 0) is 36.2 Å². The molecule has 0 unspecified atom stereocenters. The van der Waals surface area contributed by atoms with Gasteiger partial charge in [0.2, 0.25) is 5.91 Å². The normalized spacial score (nSPS) is 17.7. The molecule has 5 heteroatoms. The third-order valence-electron chi connectivity index (χ3n) is 3.93. The number of halogens is 1. The second kappa shape index (κ2) is 6.20. The second-order valence-electron chi connectivity index (χ2n) is 5.46. The lowest BCUT2D eigenvalue weighted by molar-refractivity contribution is -0.121. The van der Waals surface area contributed by atoms with Crippen molar-refractivity contribution in [3.8, 4) is 0 Å². The number of benzene rings is 2. The number of carbonyl (C=O) groups is 2. The van der Waals surface area contributed by atoms with Crippen molar-refractivity contribution in [2.45, 2.75) is 25.8 Å². The van der Waals surface area contributed by atoms with Crippen molar-refractivity contribution in [3.63, 3.8) is 0 Å². The summed E-state index contributed by atoms with van der Waals surface area (Å²) < 4.78 is 13.3. The summed E-state index contributed by atoms with van der Waals surface area (Å²) >= 11 is 0. The van der Waals surface area contributed by atoms with Gasteiger partial charge < -0.3 is 5.32 Å². The third kappa shape index (κ3) is 2.95. The Labute approximate surface area is 133 Å². The van der Waals surface area contributed by atoms with E-state index in [0.717, 1.165) is 12.0 Å². The molecule has 1 aliphatic rings. The SMILES string of the molecule is CCc1ccccc1N1C(=O)C[C@H](Nc2cccc(F)c2)C1=O. The van der Waals surface area contributed by atoms with Crippen LogP contribution < -0.4 is 10.2 Å². The smallest absolute Gasteiger partial charge is 0.256 e. The molecule has 0 saturated carbocycles. The van der Waals surface area contributed by atoms with Crippen molar-refractivity contribution in [2.24, 2.45) is 0 Å². The van der Waals surface area contributed by atoms with E-state index in [0.29, 0.717) is 11.4 Å². The Bertz CT molecular complexity index is 760. The van der Waals surface area contributed by atoms with Crippen molar-refractivity contribution >= 4 is 23.2 Å². The van der Waals surface area contributed by atoms with E-state index in [1.54, 1.807) is 18.2 Å². The zero-order valence-corrected chi connectivity index (χ0v) is 12.8. The van der Waals surface area contributed by atoms with Crippen LogP contribution in [0.2, 0.25) is 0 Å². The number of hydrogen-bond acceptors (Lipinski definition) is 3. The van der Waals surface area contributed by atoms with E-state index >= 15 is 0 Å². The quantitative estimate of drug-likeness (QED) is 0.882. The highest BCUT2D eigenvalue weighted by Crippen LogP contribution is 2.28. The molecule has 0 bridgehead atoms. The van der Waals surface area contributed by atoms with Crippen LogP contribution >= 0.6 is 0 Å². The summed E-state index contributed by atoms with van der Waals surface area (Å²) in [6.45, 7) is 1.98. The highest BCUT2D eigenvalue weighted by atomic mass is 19.1. The molecule has 0 aromatic heterocycles. The van der Waals surface area contributed by atoms with Gasteiger partial charge in [0.15, 0.2) is 0 Å². The molecule has 2 amide bonds. The van der Waals surface area contributed by atoms with Gasteiger partial charge in [-0.1, -0.05) is 31.2 Å². The zero-order valence-electron chi connectivity index (χ0n) is 12.8. The van der Waals surface area contributed by atoms with Crippen LogP contribution in [0.1, 0.15) is 18.9 Å². The van der Waals surface area contributed by atoms with Crippen LogP contribution in [-0.4, -0.2) is 17.9 Å². The summed E-state index contributed by atoms with van der Waals surface area (Å²) in [4.78, 5) is 26.2. The summed E-state index contributed by atoms with van der Waals surface area (Å²) in [5.41, 5.74) is 2.07.